The predicted molar refractivity (Wildman–Crippen MR) is 71.8 cm³/mol. The molecule has 9 heteroatoms. The first-order valence-corrected chi connectivity index (χ1v) is 6.48. The van der Waals surface area contributed by atoms with E-state index in [9.17, 15) is 4.39 Å². The SMILES string of the molecule is COC1CCCN(c2ncc(F)cn2)C1.NSN=O. The fourth-order valence-electron chi connectivity index (χ4n) is 1.78. The van der Waals surface area contributed by atoms with Crippen LogP contribution < -0.4 is 10.0 Å². The third-order valence-corrected chi connectivity index (χ3v) is 2.73. The predicted octanol–water partition coefficient (Wildman–Crippen LogP) is 1.51. The quantitative estimate of drug-likeness (QED) is 0.665. The molecule has 0 aliphatic carbocycles. The van der Waals surface area contributed by atoms with Gasteiger partial charge in [0, 0.05) is 24.8 Å². The Morgan fingerprint density at radius 2 is 2.21 bits per heavy atom. The molecule has 0 bridgehead atoms. The summed E-state index contributed by atoms with van der Waals surface area (Å²) in [5.74, 6) is 0.178. The maximum absolute atomic E-state index is 12.6. The first-order chi connectivity index (χ1) is 9.21. The van der Waals surface area contributed by atoms with Crippen molar-refractivity contribution < 1.29 is 9.13 Å². The first-order valence-electron chi connectivity index (χ1n) is 5.65. The van der Waals surface area contributed by atoms with E-state index in [1.165, 1.54) is 12.4 Å². The summed E-state index contributed by atoms with van der Waals surface area (Å²) in [4.78, 5) is 18.7. The van der Waals surface area contributed by atoms with Gasteiger partial charge in [0.15, 0.2) is 5.82 Å². The highest BCUT2D eigenvalue weighted by Gasteiger charge is 2.21. The maximum atomic E-state index is 12.6. The molecule has 2 N–H and O–H groups in total. The van der Waals surface area contributed by atoms with E-state index in [0.717, 1.165) is 25.9 Å². The molecule has 1 saturated heterocycles. The molecule has 1 aromatic heterocycles. The lowest BCUT2D eigenvalue weighted by atomic mass is 10.1. The van der Waals surface area contributed by atoms with Crippen LogP contribution in [0.4, 0.5) is 10.3 Å². The zero-order valence-electron chi connectivity index (χ0n) is 10.5. The van der Waals surface area contributed by atoms with Crippen LogP contribution in [0.25, 0.3) is 0 Å². The van der Waals surface area contributed by atoms with E-state index in [1.54, 1.807) is 7.11 Å². The van der Waals surface area contributed by atoms with Crippen molar-refractivity contribution in [2.45, 2.75) is 18.9 Å². The minimum atomic E-state index is -0.404. The standard InChI is InChI=1S/C10H14FN3O.H2N2OS/c1-15-9-3-2-4-14(7-9)10-12-5-8(11)6-13-10;1-4-2-3/h5-6,9H,2-4,7H2,1H3;1H2. The average molecular weight is 289 g/mol. The van der Waals surface area contributed by atoms with Crippen molar-refractivity contribution in [3.63, 3.8) is 0 Å². The summed E-state index contributed by atoms with van der Waals surface area (Å²) in [6, 6.07) is 0. The van der Waals surface area contributed by atoms with E-state index in [0.29, 0.717) is 18.1 Å². The Labute approximate surface area is 115 Å². The molecule has 0 spiro atoms. The molecule has 0 aromatic carbocycles. The van der Waals surface area contributed by atoms with Crippen LogP contribution in [0.3, 0.4) is 0 Å². The van der Waals surface area contributed by atoms with E-state index in [4.69, 9.17) is 9.64 Å². The van der Waals surface area contributed by atoms with Gasteiger partial charge in [0.1, 0.15) is 12.1 Å². The third-order valence-electron chi connectivity index (χ3n) is 2.64. The zero-order valence-corrected chi connectivity index (χ0v) is 11.3. The number of nitroso groups, excluding NO2 is 1. The van der Waals surface area contributed by atoms with Crippen LogP contribution in [0.5, 0.6) is 0 Å². The second-order valence-electron chi connectivity index (χ2n) is 3.83. The van der Waals surface area contributed by atoms with Crippen molar-refractivity contribution in [2.75, 3.05) is 25.1 Å². The summed E-state index contributed by atoms with van der Waals surface area (Å²) in [6.07, 6.45) is 4.73. The summed E-state index contributed by atoms with van der Waals surface area (Å²) in [5, 5.41) is 4.47. The molecule has 2 heterocycles. The number of anilines is 1. The van der Waals surface area contributed by atoms with Crippen LogP contribution in [-0.2, 0) is 4.74 Å². The number of nitrogens with zero attached hydrogens (tertiary/aromatic N) is 4. The van der Waals surface area contributed by atoms with Gasteiger partial charge in [-0.1, -0.05) is 0 Å². The number of ether oxygens (including phenoxy) is 1. The van der Waals surface area contributed by atoms with E-state index >= 15 is 0 Å². The Hall–Kier alpha value is -1.32. The Balaban J connectivity index is 0.000000399. The van der Waals surface area contributed by atoms with E-state index in [2.05, 4.69) is 19.7 Å². The van der Waals surface area contributed by atoms with Crippen LogP contribution >= 0.6 is 12.1 Å². The van der Waals surface area contributed by atoms with Crippen molar-refractivity contribution >= 4 is 18.1 Å². The Kier molecular flexibility index (Phi) is 7.23. The number of rotatable bonds is 3. The highest BCUT2D eigenvalue weighted by atomic mass is 32.2. The fraction of sp³-hybridized carbons (Fsp3) is 0.600. The highest BCUT2D eigenvalue weighted by Crippen LogP contribution is 2.16. The number of nitrogens with two attached hydrogens (primary N) is 1. The molecule has 0 radical (unpaired) electrons. The molecule has 1 atom stereocenters. The third kappa shape index (κ3) is 5.45. The largest absolute Gasteiger partial charge is 0.380 e. The van der Waals surface area contributed by atoms with Gasteiger partial charge in [-0.25, -0.2) is 14.4 Å². The van der Waals surface area contributed by atoms with Gasteiger partial charge in [0.05, 0.1) is 18.5 Å². The first kappa shape index (κ1) is 15.7. The summed E-state index contributed by atoms with van der Waals surface area (Å²) < 4.78 is 20.1. The lowest BCUT2D eigenvalue weighted by Gasteiger charge is -2.31. The minimum absolute atomic E-state index is 0.229. The second-order valence-corrected chi connectivity index (χ2v) is 4.19. The van der Waals surface area contributed by atoms with Gasteiger partial charge in [0.25, 0.3) is 0 Å². The molecule has 1 aliphatic heterocycles. The van der Waals surface area contributed by atoms with Crippen LogP contribution in [0.1, 0.15) is 12.8 Å². The number of hydrogen-bond donors (Lipinski definition) is 1. The molecule has 1 fully saturated rings. The monoisotopic (exact) mass is 289 g/mol. The normalized spacial score (nSPS) is 18.5. The Morgan fingerprint density at radius 3 is 2.74 bits per heavy atom. The lowest BCUT2D eigenvalue weighted by molar-refractivity contribution is 0.0889. The number of piperidine rings is 1. The Bertz CT molecular complexity index is 381. The Morgan fingerprint density at radius 1 is 1.58 bits per heavy atom. The molecular weight excluding hydrogens is 273 g/mol. The number of aromatic nitrogens is 2. The fourth-order valence-corrected chi connectivity index (χ4v) is 1.78. The molecule has 19 heavy (non-hydrogen) atoms. The van der Waals surface area contributed by atoms with Crippen molar-refractivity contribution in [3.8, 4) is 0 Å². The molecule has 1 aromatic rings. The molecule has 0 amide bonds. The van der Waals surface area contributed by atoms with Gasteiger partial charge in [-0.2, -0.15) is 0 Å². The van der Waals surface area contributed by atoms with E-state index in [1.807, 2.05) is 4.90 Å². The highest BCUT2D eigenvalue weighted by molar-refractivity contribution is 7.95. The van der Waals surface area contributed by atoms with E-state index < -0.39 is 5.82 Å². The van der Waals surface area contributed by atoms with Crippen LogP contribution in [0, 0.1) is 10.7 Å². The number of methoxy groups -OCH3 is 1. The number of hydrogen-bond acceptors (Lipinski definition) is 8. The van der Waals surface area contributed by atoms with Gasteiger partial charge in [-0.05, 0) is 12.8 Å². The molecule has 1 unspecified atom stereocenters. The molecule has 106 valence electrons. The molecule has 0 saturated carbocycles. The average Bonchev–Trinajstić information content (AvgIpc) is 2.48. The van der Waals surface area contributed by atoms with Crippen molar-refractivity contribution in [1.29, 1.82) is 0 Å². The summed E-state index contributed by atoms with van der Waals surface area (Å²) in [6.45, 7) is 1.69. The lowest BCUT2D eigenvalue weighted by Crippen LogP contribution is -2.40. The van der Waals surface area contributed by atoms with E-state index in [-0.39, 0.29) is 6.10 Å². The van der Waals surface area contributed by atoms with Gasteiger partial charge < -0.3 is 9.64 Å². The summed E-state index contributed by atoms with van der Waals surface area (Å²) in [5.41, 5.74) is 0. The maximum Gasteiger partial charge on any atom is 0.225 e. The summed E-state index contributed by atoms with van der Waals surface area (Å²) >= 11 is 0.426. The van der Waals surface area contributed by atoms with Gasteiger partial charge in [-0.3, -0.25) is 5.14 Å². The summed E-state index contributed by atoms with van der Waals surface area (Å²) in [7, 11) is 1.71. The van der Waals surface area contributed by atoms with Crippen molar-refractivity contribution in [2.24, 2.45) is 9.72 Å². The van der Waals surface area contributed by atoms with Gasteiger partial charge >= 0.3 is 0 Å². The molecule has 2 rings (SSSR count). The molecular formula is C10H16FN5O2S. The van der Waals surface area contributed by atoms with Crippen LogP contribution in [-0.4, -0.2) is 36.3 Å². The van der Waals surface area contributed by atoms with Gasteiger partial charge in [-0.15, -0.1) is 4.91 Å². The van der Waals surface area contributed by atoms with Crippen molar-refractivity contribution in [3.05, 3.63) is 23.1 Å². The second kappa shape index (κ2) is 8.73. The van der Waals surface area contributed by atoms with Crippen LogP contribution in [0.15, 0.2) is 17.0 Å². The van der Waals surface area contributed by atoms with Gasteiger partial charge in [0.2, 0.25) is 5.95 Å². The molecule has 7 nitrogen and oxygen atoms in total. The molecule has 1 aliphatic rings. The zero-order chi connectivity index (χ0) is 14.1. The smallest absolute Gasteiger partial charge is 0.225 e. The minimum Gasteiger partial charge on any atom is -0.380 e. The topological polar surface area (TPSA) is 93.7 Å². The van der Waals surface area contributed by atoms with Crippen LogP contribution in [0.2, 0.25) is 0 Å². The van der Waals surface area contributed by atoms with Crippen molar-refractivity contribution in [1.82, 2.24) is 9.97 Å². The number of halogens is 1.